The van der Waals surface area contributed by atoms with Gasteiger partial charge in [0.05, 0.1) is 0 Å². The summed E-state index contributed by atoms with van der Waals surface area (Å²) in [6.07, 6.45) is 1.69. The second-order valence-corrected chi connectivity index (χ2v) is 6.14. The van der Waals surface area contributed by atoms with Crippen molar-refractivity contribution in [1.82, 2.24) is 4.90 Å². The van der Waals surface area contributed by atoms with Crippen molar-refractivity contribution in [3.05, 3.63) is 29.8 Å². The Morgan fingerprint density at radius 3 is 2.76 bits per heavy atom. The number of carbonyl (C=O) groups excluding carboxylic acids is 1. The van der Waals surface area contributed by atoms with Crippen LogP contribution >= 0.6 is 0 Å². The molecular formula is C17H24N2O2. The van der Waals surface area contributed by atoms with Gasteiger partial charge >= 0.3 is 0 Å². The molecule has 0 aromatic heterocycles. The first-order valence-corrected chi connectivity index (χ1v) is 7.89. The first kappa shape index (κ1) is 14.4. The Kier molecular flexibility index (Phi) is 4.44. The van der Waals surface area contributed by atoms with Crippen LogP contribution in [-0.4, -0.2) is 50.2 Å². The van der Waals surface area contributed by atoms with Crippen LogP contribution in [0.2, 0.25) is 0 Å². The Hall–Kier alpha value is -1.55. The predicted octanol–water partition coefficient (Wildman–Crippen LogP) is 2.07. The van der Waals surface area contributed by atoms with E-state index in [1.165, 1.54) is 11.3 Å². The number of benzene rings is 1. The zero-order chi connectivity index (χ0) is 14.7. The molecule has 1 aromatic rings. The van der Waals surface area contributed by atoms with E-state index in [2.05, 4.69) is 36.1 Å². The van der Waals surface area contributed by atoms with Crippen molar-refractivity contribution in [2.45, 2.75) is 19.8 Å². The third kappa shape index (κ3) is 3.56. The Morgan fingerprint density at radius 1 is 1.29 bits per heavy atom. The molecule has 0 saturated carbocycles. The molecular weight excluding hydrogens is 264 g/mol. The van der Waals surface area contributed by atoms with Gasteiger partial charge in [0.2, 0.25) is 5.91 Å². The summed E-state index contributed by atoms with van der Waals surface area (Å²) in [7, 11) is 0. The topological polar surface area (TPSA) is 32.8 Å². The van der Waals surface area contributed by atoms with Crippen molar-refractivity contribution in [1.29, 1.82) is 0 Å². The van der Waals surface area contributed by atoms with Crippen molar-refractivity contribution < 1.29 is 9.53 Å². The summed E-state index contributed by atoms with van der Waals surface area (Å²) in [5.74, 6) is 0.738. The van der Waals surface area contributed by atoms with Gasteiger partial charge in [-0.3, -0.25) is 4.79 Å². The molecule has 3 rings (SSSR count). The fraction of sp³-hybridized carbons (Fsp3) is 0.588. The van der Waals surface area contributed by atoms with Crippen molar-refractivity contribution in [2.24, 2.45) is 5.92 Å². The molecule has 0 unspecified atom stereocenters. The van der Waals surface area contributed by atoms with Crippen LogP contribution in [0.3, 0.4) is 0 Å². The van der Waals surface area contributed by atoms with E-state index in [9.17, 15) is 4.79 Å². The van der Waals surface area contributed by atoms with Gasteiger partial charge in [0.15, 0.2) is 0 Å². The highest BCUT2D eigenvalue weighted by Crippen LogP contribution is 2.20. The number of rotatable bonds is 3. The standard InChI is InChI=1S/C17H24N2O2/c1-14-3-2-4-16(11-14)18-6-8-19(9-7-18)17(20)12-15-5-10-21-13-15/h2-4,11,15H,5-10,12-13H2,1H3/t15-/m1/s1. The smallest absolute Gasteiger partial charge is 0.223 e. The molecule has 0 bridgehead atoms. The average Bonchev–Trinajstić information content (AvgIpc) is 3.00. The van der Waals surface area contributed by atoms with Crippen LogP contribution in [-0.2, 0) is 9.53 Å². The van der Waals surface area contributed by atoms with Gasteiger partial charge in [0, 0.05) is 51.5 Å². The fourth-order valence-corrected chi connectivity index (χ4v) is 3.16. The van der Waals surface area contributed by atoms with Crippen LogP contribution in [0.4, 0.5) is 5.69 Å². The van der Waals surface area contributed by atoms with E-state index in [1.807, 2.05) is 4.90 Å². The molecule has 2 heterocycles. The number of nitrogens with zero attached hydrogens (tertiary/aromatic N) is 2. The van der Waals surface area contributed by atoms with Gasteiger partial charge in [0.1, 0.15) is 0 Å². The maximum atomic E-state index is 12.3. The van der Waals surface area contributed by atoms with Crippen molar-refractivity contribution in [3.63, 3.8) is 0 Å². The van der Waals surface area contributed by atoms with Crippen LogP contribution in [0.5, 0.6) is 0 Å². The van der Waals surface area contributed by atoms with E-state index < -0.39 is 0 Å². The summed E-state index contributed by atoms with van der Waals surface area (Å²) in [5.41, 5.74) is 2.55. The molecule has 0 aliphatic carbocycles. The van der Waals surface area contributed by atoms with Gasteiger partial charge in [-0.1, -0.05) is 12.1 Å². The number of hydrogen-bond acceptors (Lipinski definition) is 3. The van der Waals surface area contributed by atoms with Crippen molar-refractivity contribution >= 4 is 11.6 Å². The van der Waals surface area contributed by atoms with Gasteiger partial charge in [-0.25, -0.2) is 0 Å². The van der Waals surface area contributed by atoms with E-state index in [-0.39, 0.29) is 0 Å². The summed E-state index contributed by atoms with van der Waals surface area (Å²) in [6, 6.07) is 8.59. The van der Waals surface area contributed by atoms with Crippen LogP contribution in [0.1, 0.15) is 18.4 Å². The van der Waals surface area contributed by atoms with Gasteiger partial charge in [0.25, 0.3) is 0 Å². The van der Waals surface area contributed by atoms with E-state index in [1.54, 1.807) is 0 Å². The van der Waals surface area contributed by atoms with Crippen LogP contribution in [0.25, 0.3) is 0 Å². The minimum absolute atomic E-state index is 0.300. The fourth-order valence-electron chi connectivity index (χ4n) is 3.16. The summed E-state index contributed by atoms with van der Waals surface area (Å²) >= 11 is 0. The number of hydrogen-bond donors (Lipinski definition) is 0. The number of anilines is 1. The molecule has 4 heteroatoms. The lowest BCUT2D eigenvalue weighted by atomic mass is 10.0. The van der Waals surface area contributed by atoms with E-state index in [0.717, 1.165) is 45.8 Å². The SMILES string of the molecule is Cc1cccc(N2CCN(C(=O)C[C@H]3CCOC3)CC2)c1. The highest BCUT2D eigenvalue weighted by atomic mass is 16.5. The highest BCUT2D eigenvalue weighted by molar-refractivity contribution is 5.76. The molecule has 1 atom stereocenters. The Morgan fingerprint density at radius 2 is 2.10 bits per heavy atom. The quantitative estimate of drug-likeness (QED) is 0.853. The molecule has 2 aliphatic rings. The largest absolute Gasteiger partial charge is 0.381 e. The van der Waals surface area contributed by atoms with Gasteiger partial charge < -0.3 is 14.5 Å². The summed E-state index contributed by atoms with van der Waals surface area (Å²) in [5, 5.41) is 0. The lowest BCUT2D eigenvalue weighted by molar-refractivity contribution is -0.132. The van der Waals surface area contributed by atoms with Crippen LogP contribution < -0.4 is 4.90 Å². The zero-order valence-corrected chi connectivity index (χ0v) is 12.8. The Labute approximate surface area is 126 Å². The molecule has 0 N–H and O–H groups in total. The summed E-state index contributed by atoms with van der Waals surface area (Å²) < 4.78 is 5.35. The number of amides is 1. The van der Waals surface area contributed by atoms with Crippen LogP contribution in [0.15, 0.2) is 24.3 Å². The highest BCUT2D eigenvalue weighted by Gasteiger charge is 2.25. The second-order valence-electron chi connectivity index (χ2n) is 6.14. The maximum Gasteiger partial charge on any atom is 0.223 e. The minimum atomic E-state index is 0.300. The molecule has 4 nitrogen and oxygen atoms in total. The molecule has 0 spiro atoms. The Balaban J connectivity index is 1.51. The third-order valence-electron chi connectivity index (χ3n) is 4.49. The molecule has 2 aliphatic heterocycles. The summed E-state index contributed by atoms with van der Waals surface area (Å²) in [4.78, 5) is 16.7. The monoisotopic (exact) mass is 288 g/mol. The first-order chi connectivity index (χ1) is 10.2. The van der Waals surface area contributed by atoms with E-state index >= 15 is 0 Å². The van der Waals surface area contributed by atoms with E-state index in [4.69, 9.17) is 4.74 Å². The molecule has 21 heavy (non-hydrogen) atoms. The average molecular weight is 288 g/mol. The Bertz CT molecular complexity index is 489. The molecule has 114 valence electrons. The lowest BCUT2D eigenvalue weighted by Gasteiger charge is -2.36. The molecule has 1 amide bonds. The molecule has 0 radical (unpaired) electrons. The van der Waals surface area contributed by atoms with Gasteiger partial charge in [-0.05, 0) is 37.0 Å². The number of ether oxygens (including phenoxy) is 1. The van der Waals surface area contributed by atoms with Crippen LogP contribution in [0, 0.1) is 12.8 Å². The maximum absolute atomic E-state index is 12.3. The predicted molar refractivity (Wildman–Crippen MR) is 83.5 cm³/mol. The second kappa shape index (κ2) is 6.48. The minimum Gasteiger partial charge on any atom is -0.381 e. The number of piperazine rings is 1. The number of carbonyl (C=O) groups is 1. The molecule has 2 saturated heterocycles. The number of aryl methyl sites for hydroxylation is 1. The summed E-state index contributed by atoms with van der Waals surface area (Å²) in [6.45, 7) is 7.22. The third-order valence-corrected chi connectivity index (χ3v) is 4.49. The van der Waals surface area contributed by atoms with E-state index in [0.29, 0.717) is 18.2 Å². The zero-order valence-electron chi connectivity index (χ0n) is 12.8. The molecule has 2 fully saturated rings. The lowest BCUT2D eigenvalue weighted by Crippen LogP contribution is -2.49. The van der Waals surface area contributed by atoms with Crippen molar-refractivity contribution in [3.8, 4) is 0 Å². The van der Waals surface area contributed by atoms with Gasteiger partial charge in [-0.15, -0.1) is 0 Å². The first-order valence-electron chi connectivity index (χ1n) is 7.89. The van der Waals surface area contributed by atoms with Gasteiger partial charge in [-0.2, -0.15) is 0 Å². The normalized spacial score (nSPS) is 22.6. The van der Waals surface area contributed by atoms with Crippen molar-refractivity contribution in [2.75, 3.05) is 44.3 Å². The molecule has 1 aromatic carbocycles.